The van der Waals surface area contributed by atoms with Gasteiger partial charge in [0.1, 0.15) is 4.60 Å². The maximum absolute atomic E-state index is 6.14. The Labute approximate surface area is 206 Å². The molecule has 0 N–H and O–H groups in total. The predicted octanol–water partition coefficient (Wildman–Crippen LogP) is 5.75. The van der Waals surface area contributed by atoms with Gasteiger partial charge in [-0.05, 0) is 66.2 Å². The van der Waals surface area contributed by atoms with Crippen molar-refractivity contribution in [2.75, 3.05) is 31.1 Å². The van der Waals surface area contributed by atoms with Crippen molar-refractivity contribution in [1.29, 1.82) is 0 Å². The summed E-state index contributed by atoms with van der Waals surface area (Å²) in [7, 11) is 3.89. The van der Waals surface area contributed by atoms with Gasteiger partial charge in [0.15, 0.2) is 5.82 Å². The first-order valence-corrected chi connectivity index (χ1v) is 12.2. The van der Waals surface area contributed by atoms with Crippen LogP contribution >= 0.6 is 39.1 Å². The van der Waals surface area contributed by atoms with E-state index in [4.69, 9.17) is 23.2 Å². The zero-order valence-corrected chi connectivity index (χ0v) is 21.8. The Balaban J connectivity index is 0.000000174. The number of nitrogens with zero attached hydrogens (tertiary/aromatic N) is 6. The molecule has 0 atom stereocenters. The molecule has 1 fully saturated rings. The molecule has 0 radical (unpaired) electrons. The highest BCUT2D eigenvalue weighted by Crippen LogP contribution is 2.29. The molecule has 1 saturated heterocycles. The molecule has 0 aliphatic carbocycles. The zero-order chi connectivity index (χ0) is 23.0. The number of rotatable bonds is 2. The first-order valence-electron chi connectivity index (χ1n) is 10.6. The van der Waals surface area contributed by atoms with Crippen LogP contribution < -0.4 is 4.90 Å². The molecule has 2 aromatic heterocycles. The van der Waals surface area contributed by atoms with Gasteiger partial charge in [-0.25, -0.2) is 0 Å². The number of fused-ring (bicyclic) bond motifs is 2. The van der Waals surface area contributed by atoms with Gasteiger partial charge in [-0.15, -0.1) is 0 Å². The molecule has 1 aliphatic rings. The van der Waals surface area contributed by atoms with E-state index in [2.05, 4.69) is 49.8 Å². The van der Waals surface area contributed by atoms with Crippen LogP contribution in [0.2, 0.25) is 10.0 Å². The largest absolute Gasteiger partial charge is 0.352 e. The second kappa shape index (κ2) is 9.59. The van der Waals surface area contributed by atoms with Gasteiger partial charge in [0.25, 0.3) is 0 Å². The maximum Gasteiger partial charge on any atom is 0.158 e. The number of halogens is 3. The van der Waals surface area contributed by atoms with E-state index in [1.807, 2.05) is 59.9 Å². The average molecular weight is 538 g/mol. The van der Waals surface area contributed by atoms with Gasteiger partial charge in [-0.2, -0.15) is 10.2 Å². The van der Waals surface area contributed by atoms with Crippen LogP contribution in [-0.4, -0.2) is 56.7 Å². The summed E-state index contributed by atoms with van der Waals surface area (Å²) in [6.07, 6.45) is 0. The Kier molecular flexibility index (Phi) is 7.00. The summed E-state index contributed by atoms with van der Waals surface area (Å²) in [6.45, 7) is 8.75. The minimum Gasteiger partial charge on any atom is -0.352 e. The van der Waals surface area contributed by atoms with Crippen LogP contribution in [0.15, 0.2) is 41.0 Å². The Morgan fingerprint density at radius 2 is 1.34 bits per heavy atom. The number of hydrogen-bond acceptors (Lipinski definition) is 4. The minimum absolute atomic E-state index is 0.618. The van der Waals surface area contributed by atoms with E-state index in [1.54, 1.807) is 0 Å². The molecular formula is C23H27BrCl2N6. The van der Waals surface area contributed by atoms with Crippen LogP contribution in [0.25, 0.3) is 21.8 Å². The number of anilines is 1. The third-order valence-electron chi connectivity index (χ3n) is 5.90. The van der Waals surface area contributed by atoms with Crippen LogP contribution in [0, 0.1) is 0 Å². The third-order valence-corrected chi connectivity index (χ3v) is 6.96. The molecular weight excluding hydrogens is 511 g/mol. The normalized spacial score (nSPS) is 14.9. The molecule has 0 unspecified atom stereocenters. The molecule has 6 nitrogen and oxygen atoms in total. The van der Waals surface area contributed by atoms with E-state index in [0.29, 0.717) is 6.04 Å². The van der Waals surface area contributed by atoms with Crippen LogP contribution in [-0.2, 0) is 14.1 Å². The van der Waals surface area contributed by atoms with Crippen molar-refractivity contribution < 1.29 is 0 Å². The lowest BCUT2D eigenvalue weighted by Crippen LogP contribution is -2.49. The van der Waals surface area contributed by atoms with Crippen molar-refractivity contribution in [1.82, 2.24) is 24.5 Å². The van der Waals surface area contributed by atoms with Crippen molar-refractivity contribution in [2.24, 2.45) is 14.1 Å². The molecule has 3 heterocycles. The second-order valence-corrected chi connectivity index (χ2v) is 9.93. The van der Waals surface area contributed by atoms with E-state index >= 15 is 0 Å². The van der Waals surface area contributed by atoms with Crippen molar-refractivity contribution in [3.8, 4) is 0 Å². The first-order chi connectivity index (χ1) is 15.2. The van der Waals surface area contributed by atoms with Crippen LogP contribution in [0.5, 0.6) is 0 Å². The SMILES string of the molecule is CC(C)N1CCN(c2nn(C)c3ccc(Cl)cc23)CC1.Cn1nc(Br)c2cc(Cl)ccc21. The molecule has 2 aromatic carbocycles. The quantitative estimate of drug-likeness (QED) is 0.326. The van der Waals surface area contributed by atoms with Gasteiger partial charge in [0.05, 0.1) is 11.0 Å². The second-order valence-electron chi connectivity index (χ2n) is 8.30. The molecule has 0 amide bonds. The van der Waals surface area contributed by atoms with Crippen LogP contribution in [0.3, 0.4) is 0 Å². The lowest BCUT2D eigenvalue weighted by Gasteiger charge is -2.37. The van der Waals surface area contributed by atoms with Crippen molar-refractivity contribution in [2.45, 2.75) is 19.9 Å². The van der Waals surface area contributed by atoms with Crippen LogP contribution in [0.1, 0.15) is 13.8 Å². The molecule has 1 aliphatic heterocycles. The fourth-order valence-electron chi connectivity index (χ4n) is 4.10. The maximum atomic E-state index is 6.14. The molecule has 0 bridgehead atoms. The van der Waals surface area contributed by atoms with Gasteiger partial charge in [-0.1, -0.05) is 23.2 Å². The number of piperazine rings is 1. The summed E-state index contributed by atoms with van der Waals surface area (Å²) < 4.78 is 4.59. The van der Waals surface area contributed by atoms with Crippen molar-refractivity contribution >= 4 is 66.8 Å². The monoisotopic (exact) mass is 536 g/mol. The molecule has 5 rings (SSSR count). The molecule has 0 spiro atoms. The fourth-order valence-corrected chi connectivity index (χ4v) is 5.00. The predicted molar refractivity (Wildman–Crippen MR) is 138 cm³/mol. The molecule has 4 aromatic rings. The van der Waals surface area contributed by atoms with Crippen LogP contribution in [0.4, 0.5) is 5.82 Å². The Morgan fingerprint density at radius 1 is 0.812 bits per heavy atom. The summed E-state index contributed by atoms with van der Waals surface area (Å²) in [4.78, 5) is 4.88. The first kappa shape index (κ1) is 23.4. The molecule has 32 heavy (non-hydrogen) atoms. The lowest BCUT2D eigenvalue weighted by molar-refractivity contribution is 0.209. The Hall–Kier alpha value is -1.80. The van der Waals surface area contributed by atoms with E-state index in [-0.39, 0.29) is 0 Å². The van der Waals surface area contributed by atoms with Crippen molar-refractivity contribution in [3.05, 3.63) is 51.0 Å². The third kappa shape index (κ3) is 4.76. The summed E-state index contributed by atoms with van der Waals surface area (Å²) in [5.41, 5.74) is 2.21. The molecule has 0 saturated carbocycles. The van der Waals surface area contributed by atoms with E-state index in [9.17, 15) is 0 Å². The van der Waals surface area contributed by atoms with E-state index < -0.39 is 0 Å². The highest BCUT2D eigenvalue weighted by Gasteiger charge is 2.22. The van der Waals surface area contributed by atoms with Gasteiger partial charge in [-0.3, -0.25) is 14.3 Å². The standard InChI is InChI=1S/C15H21ClN4.C8H6BrClN2/c1-11(2)19-6-8-20(9-7-19)15-13-10-12(16)4-5-14(13)18(3)17-15;1-12-7-3-2-5(10)4-6(7)8(9)11-12/h4-5,10-11H,6-9H2,1-3H3;2-4H,1H3. The van der Waals surface area contributed by atoms with Gasteiger partial charge in [0.2, 0.25) is 0 Å². The fraction of sp³-hybridized carbons (Fsp3) is 0.391. The number of benzene rings is 2. The minimum atomic E-state index is 0.618. The topological polar surface area (TPSA) is 42.1 Å². The molecule has 170 valence electrons. The number of aromatic nitrogens is 4. The van der Waals surface area contributed by atoms with E-state index in [1.165, 1.54) is 0 Å². The zero-order valence-electron chi connectivity index (χ0n) is 18.7. The van der Waals surface area contributed by atoms with E-state index in [0.717, 1.165) is 68.5 Å². The summed E-state index contributed by atoms with van der Waals surface area (Å²) in [6, 6.07) is 12.3. The smallest absolute Gasteiger partial charge is 0.158 e. The van der Waals surface area contributed by atoms with Gasteiger partial charge >= 0.3 is 0 Å². The highest BCUT2D eigenvalue weighted by atomic mass is 79.9. The summed E-state index contributed by atoms with van der Waals surface area (Å²) in [5, 5.41) is 12.6. The van der Waals surface area contributed by atoms with Gasteiger partial charge < -0.3 is 4.90 Å². The summed E-state index contributed by atoms with van der Waals surface area (Å²) >= 11 is 15.3. The Morgan fingerprint density at radius 3 is 1.94 bits per heavy atom. The average Bonchev–Trinajstić information content (AvgIpc) is 3.24. The van der Waals surface area contributed by atoms with Crippen molar-refractivity contribution in [3.63, 3.8) is 0 Å². The molecule has 9 heteroatoms. The van der Waals surface area contributed by atoms with Gasteiger partial charge in [0, 0.05) is 67.1 Å². The Bertz CT molecular complexity index is 1240. The number of aryl methyl sites for hydroxylation is 2. The summed E-state index contributed by atoms with van der Waals surface area (Å²) in [5.74, 6) is 1.06. The number of hydrogen-bond donors (Lipinski definition) is 0. The highest BCUT2D eigenvalue weighted by molar-refractivity contribution is 9.10. The lowest BCUT2D eigenvalue weighted by atomic mass is 10.2.